The van der Waals surface area contributed by atoms with Crippen molar-refractivity contribution in [2.75, 3.05) is 43.3 Å². The maximum absolute atomic E-state index is 14.4. The van der Waals surface area contributed by atoms with Gasteiger partial charge >= 0.3 is 0 Å². The average molecular weight is 416 g/mol. The molecule has 27 heavy (non-hydrogen) atoms. The zero-order chi connectivity index (χ0) is 19.7. The van der Waals surface area contributed by atoms with Gasteiger partial charge in [0.25, 0.3) is 10.0 Å². The number of nitrogens with zero attached hydrogens (tertiary/aromatic N) is 1. The Kier molecular flexibility index (Phi) is 8.42. The van der Waals surface area contributed by atoms with Crippen LogP contribution in [-0.2, 0) is 10.0 Å². The first kappa shape index (κ1) is 21.5. The Hall–Kier alpha value is -1.75. The molecule has 0 amide bonds. The van der Waals surface area contributed by atoms with Crippen LogP contribution in [0.3, 0.4) is 0 Å². The van der Waals surface area contributed by atoms with Crippen molar-refractivity contribution in [3.63, 3.8) is 0 Å². The smallest absolute Gasteiger partial charge is 0.266 e. The van der Waals surface area contributed by atoms with Crippen LogP contribution >= 0.6 is 11.3 Å². The molecule has 4 N–H and O–H groups in total. The van der Waals surface area contributed by atoms with Gasteiger partial charge in [0.05, 0.1) is 0 Å². The number of aryl methyl sites for hydroxylation is 1. The van der Waals surface area contributed by atoms with Crippen molar-refractivity contribution >= 4 is 32.2 Å². The van der Waals surface area contributed by atoms with E-state index in [1.165, 1.54) is 18.3 Å². The molecule has 0 aliphatic rings. The number of sulfonamides is 1. The van der Waals surface area contributed by atoms with Gasteiger partial charge in [-0.05, 0) is 51.1 Å². The van der Waals surface area contributed by atoms with Crippen molar-refractivity contribution in [3.8, 4) is 0 Å². The highest BCUT2D eigenvalue weighted by Crippen LogP contribution is 2.25. The Morgan fingerprint density at radius 1 is 1.15 bits per heavy atom. The maximum atomic E-state index is 14.4. The fraction of sp³-hybridized carbons (Fsp3) is 0.471. The van der Waals surface area contributed by atoms with E-state index in [-0.39, 0.29) is 10.0 Å². The third kappa shape index (κ3) is 6.73. The topological polar surface area (TPSA) is 95.1 Å². The Morgan fingerprint density at radius 2 is 1.93 bits per heavy atom. The van der Waals surface area contributed by atoms with Crippen molar-refractivity contribution in [1.82, 2.24) is 15.6 Å². The molecule has 0 spiro atoms. The number of thiazole rings is 1. The fourth-order valence-electron chi connectivity index (χ4n) is 2.43. The van der Waals surface area contributed by atoms with Crippen LogP contribution in [0.5, 0.6) is 0 Å². The molecule has 0 unspecified atom stereocenters. The van der Waals surface area contributed by atoms with E-state index in [1.54, 1.807) is 12.3 Å². The minimum absolute atomic E-state index is 0.206. The second-order valence-electron chi connectivity index (χ2n) is 6.03. The summed E-state index contributed by atoms with van der Waals surface area (Å²) in [5, 5.41) is 11.4. The van der Waals surface area contributed by atoms with Gasteiger partial charge in [-0.2, -0.15) is 0 Å². The van der Waals surface area contributed by atoms with E-state index in [1.807, 2.05) is 7.05 Å². The molecule has 1 heterocycles. The van der Waals surface area contributed by atoms with Crippen LogP contribution in [0.4, 0.5) is 15.2 Å². The Morgan fingerprint density at radius 3 is 2.63 bits per heavy atom. The molecule has 0 fully saturated rings. The number of halogens is 1. The molecule has 10 heteroatoms. The summed E-state index contributed by atoms with van der Waals surface area (Å²) >= 11 is 1.13. The predicted octanol–water partition coefficient (Wildman–Crippen LogP) is 2.39. The third-order valence-electron chi connectivity index (χ3n) is 3.87. The van der Waals surface area contributed by atoms with E-state index in [9.17, 15) is 12.8 Å². The highest BCUT2D eigenvalue weighted by atomic mass is 32.2. The number of unbranched alkanes of at least 4 members (excludes halogenated alkanes) is 1. The van der Waals surface area contributed by atoms with Gasteiger partial charge < -0.3 is 16.0 Å². The summed E-state index contributed by atoms with van der Waals surface area (Å²) in [5.74, 6) is -0.791. The van der Waals surface area contributed by atoms with Gasteiger partial charge in [-0.25, -0.2) is 17.8 Å². The van der Waals surface area contributed by atoms with Gasteiger partial charge in [-0.3, -0.25) is 4.72 Å². The number of aromatic nitrogens is 1. The summed E-state index contributed by atoms with van der Waals surface area (Å²) in [5.41, 5.74) is 1.27. The Labute approximate surface area is 163 Å². The molecule has 0 aliphatic heterocycles. The lowest BCUT2D eigenvalue weighted by molar-refractivity contribution is 0.570. The number of hydrogen-bond donors (Lipinski definition) is 4. The number of nitrogens with one attached hydrogen (secondary N) is 4. The second-order valence-corrected chi connectivity index (χ2v) is 8.57. The summed E-state index contributed by atoms with van der Waals surface area (Å²) in [6.07, 6.45) is 3.41. The number of rotatable bonds is 12. The molecular formula is C17H26FN5O2S2. The number of hydrogen-bond acceptors (Lipinski definition) is 7. The van der Waals surface area contributed by atoms with Crippen molar-refractivity contribution in [3.05, 3.63) is 35.1 Å². The summed E-state index contributed by atoms with van der Waals surface area (Å²) in [6, 6.07) is 2.57. The van der Waals surface area contributed by atoms with Gasteiger partial charge in [0.15, 0.2) is 5.13 Å². The van der Waals surface area contributed by atoms with Crippen LogP contribution in [-0.4, -0.2) is 46.6 Å². The minimum atomic E-state index is -4.01. The minimum Gasteiger partial charge on any atom is -0.385 e. The van der Waals surface area contributed by atoms with E-state index < -0.39 is 15.8 Å². The fourth-order valence-corrected chi connectivity index (χ4v) is 4.37. The van der Waals surface area contributed by atoms with Crippen LogP contribution in [0.2, 0.25) is 0 Å². The third-order valence-corrected chi connectivity index (χ3v) is 6.04. The quantitative estimate of drug-likeness (QED) is 0.398. The van der Waals surface area contributed by atoms with Gasteiger partial charge in [0, 0.05) is 36.9 Å². The van der Waals surface area contributed by atoms with Gasteiger partial charge in [-0.15, -0.1) is 11.3 Å². The second kappa shape index (κ2) is 10.5. The number of likely N-dealkylation sites (N-methyl/N-ethyl adjacent to an activating group) is 1. The van der Waals surface area contributed by atoms with Gasteiger partial charge in [0.1, 0.15) is 10.7 Å². The zero-order valence-electron chi connectivity index (χ0n) is 15.5. The summed E-state index contributed by atoms with van der Waals surface area (Å²) in [7, 11) is -2.10. The molecule has 1 aromatic carbocycles. The van der Waals surface area contributed by atoms with Crippen molar-refractivity contribution < 1.29 is 12.8 Å². The van der Waals surface area contributed by atoms with Gasteiger partial charge in [-0.1, -0.05) is 0 Å². The molecule has 0 atom stereocenters. The van der Waals surface area contributed by atoms with E-state index >= 15 is 0 Å². The molecule has 0 bridgehead atoms. The van der Waals surface area contributed by atoms with E-state index in [4.69, 9.17) is 0 Å². The van der Waals surface area contributed by atoms with Crippen LogP contribution < -0.4 is 20.7 Å². The lowest BCUT2D eigenvalue weighted by atomic mass is 10.2. The highest BCUT2D eigenvalue weighted by molar-refractivity contribution is 7.93. The molecule has 150 valence electrons. The summed E-state index contributed by atoms with van der Waals surface area (Å²) in [6.45, 7) is 5.24. The maximum Gasteiger partial charge on any atom is 0.266 e. The average Bonchev–Trinajstić information content (AvgIpc) is 3.11. The molecule has 0 radical (unpaired) electrons. The van der Waals surface area contributed by atoms with Crippen LogP contribution in [0.1, 0.15) is 18.4 Å². The van der Waals surface area contributed by atoms with E-state index in [0.717, 1.165) is 43.8 Å². The summed E-state index contributed by atoms with van der Waals surface area (Å²) in [4.78, 5) is 3.48. The molecule has 1 aromatic heterocycles. The van der Waals surface area contributed by atoms with Crippen LogP contribution in [0.15, 0.2) is 28.6 Å². The Bertz CT molecular complexity index is 813. The first-order valence-corrected chi connectivity index (χ1v) is 11.1. The lowest BCUT2D eigenvalue weighted by Crippen LogP contribution is -2.25. The summed E-state index contributed by atoms with van der Waals surface area (Å²) < 4.78 is 41.5. The van der Waals surface area contributed by atoms with Crippen LogP contribution in [0, 0.1) is 12.7 Å². The number of anilines is 2. The van der Waals surface area contributed by atoms with Gasteiger partial charge in [0.2, 0.25) is 0 Å². The first-order chi connectivity index (χ1) is 12.9. The van der Waals surface area contributed by atoms with E-state index in [2.05, 4.69) is 25.7 Å². The zero-order valence-corrected chi connectivity index (χ0v) is 17.1. The first-order valence-electron chi connectivity index (χ1n) is 8.75. The normalized spacial score (nSPS) is 11.5. The van der Waals surface area contributed by atoms with Crippen molar-refractivity contribution in [1.29, 1.82) is 0 Å². The molecule has 2 aromatic rings. The number of benzene rings is 1. The Balaban J connectivity index is 1.90. The van der Waals surface area contributed by atoms with Crippen LogP contribution in [0.25, 0.3) is 0 Å². The SMILES string of the molecule is CNCCNCCCCNc1cc(F)c(S(=O)(=O)Nc2nccs2)cc1C. The highest BCUT2D eigenvalue weighted by Gasteiger charge is 2.21. The molecule has 2 rings (SSSR count). The van der Waals surface area contributed by atoms with Crippen molar-refractivity contribution in [2.24, 2.45) is 0 Å². The largest absolute Gasteiger partial charge is 0.385 e. The predicted molar refractivity (Wildman–Crippen MR) is 109 cm³/mol. The molecule has 0 aliphatic carbocycles. The van der Waals surface area contributed by atoms with E-state index in [0.29, 0.717) is 17.8 Å². The molecule has 0 saturated carbocycles. The lowest BCUT2D eigenvalue weighted by Gasteiger charge is -2.13. The molecular weight excluding hydrogens is 389 g/mol. The molecule has 7 nitrogen and oxygen atoms in total. The monoisotopic (exact) mass is 415 g/mol. The standard InChI is InChI=1S/C17H26FN5O2S2/c1-13-11-16(27(24,25)23-17-22-9-10-26-17)14(18)12-15(13)21-6-4-3-5-20-8-7-19-2/h9-12,19-21H,3-8H2,1-2H3,(H,22,23). The van der Waals surface area contributed by atoms with Crippen molar-refractivity contribution in [2.45, 2.75) is 24.7 Å². The molecule has 0 saturated heterocycles.